The van der Waals surface area contributed by atoms with Crippen molar-refractivity contribution < 1.29 is 9.59 Å². The molecule has 4 rings (SSSR count). The third kappa shape index (κ3) is 4.03. The van der Waals surface area contributed by atoms with Gasteiger partial charge in [0.15, 0.2) is 0 Å². The molecular formula is C22H23N5O2. The second kappa shape index (κ2) is 7.87. The molecule has 1 aliphatic heterocycles. The molecule has 0 aliphatic carbocycles. The Morgan fingerprint density at radius 2 is 2.00 bits per heavy atom. The molecule has 1 saturated heterocycles. The third-order valence-electron chi connectivity index (χ3n) is 5.36. The maximum atomic E-state index is 12.7. The van der Waals surface area contributed by atoms with Crippen LogP contribution < -0.4 is 10.2 Å². The standard InChI is InChI=1S/C22H23N5O2/c1-15-4-3-5-20(16(15)2)27-13-18(10-21(27)28)22(29)25-19-11-24-26(14-19)12-17-6-8-23-9-7-17/h3-9,11,14,18H,10,12-13H2,1-2H3,(H,25,29). The molecular weight excluding hydrogens is 366 g/mol. The van der Waals surface area contributed by atoms with Gasteiger partial charge in [0.25, 0.3) is 0 Å². The Kier molecular flexibility index (Phi) is 5.12. The summed E-state index contributed by atoms with van der Waals surface area (Å²) in [5.74, 6) is -0.562. The minimum atomic E-state index is -0.383. The Bertz CT molecular complexity index is 1040. The van der Waals surface area contributed by atoms with Crippen LogP contribution in [0.5, 0.6) is 0 Å². The molecule has 29 heavy (non-hydrogen) atoms. The van der Waals surface area contributed by atoms with E-state index < -0.39 is 0 Å². The number of rotatable bonds is 5. The van der Waals surface area contributed by atoms with Gasteiger partial charge in [0.05, 0.1) is 24.3 Å². The van der Waals surface area contributed by atoms with Gasteiger partial charge < -0.3 is 10.2 Å². The van der Waals surface area contributed by atoms with Gasteiger partial charge in [0.1, 0.15) is 0 Å². The van der Waals surface area contributed by atoms with Crippen LogP contribution >= 0.6 is 0 Å². The highest BCUT2D eigenvalue weighted by molar-refractivity contribution is 6.03. The van der Waals surface area contributed by atoms with Crippen molar-refractivity contribution >= 4 is 23.2 Å². The summed E-state index contributed by atoms with van der Waals surface area (Å²) in [7, 11) is 0. The highest BCUT2D eigenvalue weighted by Crippen LogP contribution is 2.29. The van der Waals surface area contributed by atoms with Gasteiger partial charge in [0.2, 0.25) is 11.8 Å². The van der Waals surface area contributed by atoms with Crippen LogP contribution in [-0.2, 0) is 16.1 Å². The highest BCUT2D eigenvalue weighted by atomic mass is 16.2. The lowest BCUT2D eigenvalue weighted by atomic mass is 10.1. The van der Waals surface area contributed by atoms with E-state index in [1.165, 1.54) is 0 Å². The van der Waals surface area contributed by atoms with Crippen molar-refractivity contribution in [2.75, 3.05) is 16.8 Å². The van der Waals surface area contributed by atoms with Crippen LogP contribution in [0.3, 0.4) is 0 Å². The number of aryl methyl sites for hydroxylation is 1. The Labute approximate surface area is 169 Å². The Hall–Kier alpha value is -3.48. The molecule has 1 fully saturated rings. The zero-order valence-electron chi connectivity index (χ0n) is 16.5. The number of nitrogens with one attached hydrogen (secondary N) is 1. The van der Waals surface area contributed by atoms with E-state index in [0.29, 0.717) is 18.8 Å². The number of carbonyl (C=O) groups is 2. The van der Waals surface area contributed by atoms with Crippen LogP contribution in [0.4, 0.5) is 11.4 Å². The molecule has 148 valence electrons. The Balaban J connectivity index is 1.41. The van der Waals surface area contributed by atoms with Crippen molar-refractivity contribution in [2.24, 2.45) is 5.92 Å². The molecule has 3 aromatic rings. The highest BCUT2D eigenvalue weighted by Gasteiger charge is 2.35. The molecule has 0 radical (unpaired) electrons. The molecule has 0 bridgehead atoms. The minimum Gasteiger partial charge on any atom is -0.323 e. The fraction of sp³-hybridized carbons (Fsp3) is 0.273. The lowest BCUT2D eigenvalue weighted by Crippen LogP contribution is -2.28. The van der Waals surface area contributed by atoms with Crippen LogP contribution in [0.25, 0.3) is 0 Å². The first-order chi connectivity index (χ1) is 14.0. The number of pyridine rings is 1. The Morgan fingerprint density at radius 3 is 2.79 bits per heavy atom. The summed E-state index contributed by atoms with van der Waals surface area (Å²) in [6, 6.07) is 9.74. The molecule has 0 saturated carbocycles. The molecule has 7 nitrogen and oxygen atoms in total. The van der Waals surface area contributed by atoms with E-state index in [0.717, 1.165) is 22.4 Å². The lowest BCUT2D eigenvalue weighted by Gasteiger charge is -2.20. The van der Waals surface area contributed by atoms with Crippen LogP contribution in [0.1, 0.15) is 23.1 Å². The third-order valence-corrected chi connectivity index (χ3v) is 5.36. The SMILES string of the molecule is Cc1cccc(N2CC(C(=O)Nc3cnn(Cc4ccncc4)c3)CC2=O)c1C. The van der Waals surface area contributed by atoms with Gasteiger partial charge in [-0.05, 0) is 48.7 Å². The molecule has 1 aliphatic rings. The molecule has 3 heterocycles. The summed E-state index contributed by atoms with van der Waals surface area (Å²) in [6.45, 7) is 5.01. The maximum absolute atomic E-state index is 12.7. The molecule has 1 atom stereocenters. The number of hydrogen-bond acceptors (Lipinski definition) is 4. The van der Waals surface area contributed by atoms with E-state index >= 15 is 0 Å². The number of nitrogens with zero attached hydrogens (tertiary/aromatic N) is 4. The second-order valence-corrected chi connectivity index (χ2v) is 7.40. The van der Waals surface area contributed by atoms with Crippen LogP contribution in [0, 0.1) is 19.8 Å². The normalized spacial score (nSPS) is 16.3. The van der Waals surface area contributed by atoms with Gasteiger partial charge in [0, 0.05) is 37.2 Å². The van der Waals surface area contributed by atoms with Gasteiger partial charge in [-0.2, -0.15) is 5.10 Å². The van der Waals surface area contributed by atoms with E-state index in [1.54, 1.807) is 34.4 Å². The van der Waals surface area contributed by atoms with E-state index in [2.05, 4.69) is 15.4 Å². The Morgan fingerprint density at radius 1 is 1.21 bits per heavy atom. The van der Waals surface area contributed by atoms with Crippen LogP contribution in [-0.4, -0.2) is 33.1 Å². The molecule has 2 aromatic heterocycles. The first kappa shape index (κ1) is 18.9. The summed E-state index contributed by atoms with van der Waals surface area (Å²) < 4.78 is 1.76. The number of hydrogen-bond donors (Lipinski definition) is 1. The van der Waals surface area contributed by atoms with Crippen molar-refractivity contribution in [3.63, 3.8) is 0 Å². The minimum absolute atomic E-state index is 0.0211. The van der Waals surface area contributed by atoms with Gasteiger partial charge in [-0.15, -0.1) is 0 Å². The average Bonchev–Trinajstić information content (AvgIpc) is 3.31. The molecule has 0 spiro atoms. The first-order valence-corrected chi connectivity index (χ1v) is 9.60. The van der Waals surface area contributed by atoms with E-state index in [9.17, 15) is 9.59 Å². The molecule has 7 heteroatoms. The number of carbonyl (C=O) groups excluding carboxylic acids is 2. The number of amides is 2. The van der Waals surface area contributed by atoms with Crippen molar-refractivity contribution in [1.82, 2.24) is 14.8 Å². The maximum Gasteiger partial charge on any atom is 0.229 e. The van der Waals surface area contributed by atoms with Gasteiger partial charge in [-0.3, -0.25) is 19.3 Å². The van der Waals surface area contributed by atoms with Crippen molar-refractivity contribution in [3.05, 3.63) is 71.8 Å². The average molecular weight is 389 g/mol. The fourth-order valence-electron chi connectivity index (χ4n) is 3.58. The molecule has 1 N–H and O–H groups in total. The zero-order valence-corrected chi connectivity index (χ0v) is 16.5. The van der Waals surface area contributed by atoms with Crippen molar-refractivity contribution in [1.29, 1.82) is 0 Å². The number of anilines is 2. The van der Waals surface area contributed by atoms with Gasteiger partial charge in [-0.1, -0.05) is 12.1 Å². The van der Waals surface area contributed by atoms with E-state index in [1.807, 2.05) is 44.2 Å². The number of aromatic nitrogens is 3. The summed E-state index contributed by atoms with van der Waals surface area (Å²) in [6.07, 6.45) is 7.10. The summed E-state index contributed by atoms with van der Waals surface area (Å²) in [5, 5.41) is 7.19. The summed E-state index contributed by atoms with van der Waals surface area (Å²) >= 11 is 0. The predicted molar refractivity (Wildman–Crippen MR) is 111 cm³/mol. The van der Waals surface area contributed by atoms with E-state index in [4.69, 9.17) is 0 Å². The first-order valence-electron chi connectivity index (χ1n) is 9.60. The topological polar surface area (TPSA) is 80.1 Å². The molecule has 1 aromatic carbocycles. The van der Waals surface area contributed by atoms with Crippen LogP contribution in [0.2, 0.25) is 0 Å². The second-order valence-electron chi connectivity index (χ2n) is 7.40. The van der Waals surface area contributed by atoms with Crippen LogP contribution in [0.15, 0.2) is 55.1 Å². The van der Waals surface area contributed by atoms with Gasteiger partial charge >= 0.3 is 0 Å². The summed E-state index contributed by atoms with van der Waals surface area (Å²) in [5.41, 5.74) is 4.79. The smallest absolute Gasteiger partial charge is 0.229 e. The largest absolute Gasteiger partial charge is 0.323 e. The van der Waals surface area contributed by atoms with E-state index in [-0.39, 0.29) is 24.2 Å². The monoisotopic (exact) mass is 389 g/mol. The quantitative estimate of drug-likeness (QED) is 0.728. The summed E-state index contributed by atoms with van der Waals surface area (Å²) in [4.78, 5) is 31.0. The lowest BCUT2D eigenvalue weighted by molar-refractivity contribution is -0.122. The fourth-order valence-corrected chi connectivity index (χ4v) is 3.58. The predicted octanol–water partition coefficient (Wildman–Crippen LogP) is 2.93. The molecule has 1 unspecified atom stereocenters. The zero-order chi connectivity index (χ0) is 20.4. The van der Waals surface area contributed by atoms with Crippen molar-refractivity contribution in [2.45, 2.75) is 26.8 Å². The van der Waals surface area contributed by atoms with Gasteiger partial charge in [-0.25, -0.2) is 0 Å². The molecule has 2 amide bonds. The number of benzene rings is 1. The van der Waals surface area contributed by atoms with Crippen molar-refractivity contribution in [3.8, 4) is 0 Å².